The van der Waals surface area contributed by atoms with Crippen molar-refractivity contribution in [3.8, 4) is 5.75 Å². The molecular weight excluding hydrogens is 456 g/mol. The van der Waals surface area contributed by atoms with Crippen LogP contribution in [0, 0.1) is 0 Å². The predicted octanol–water partition coefficient (Wildman–Crippen LogP) is 4.19. The van der Waals surface area contributed by atoms with Crippen molar-refractivity contribution in [3.63, 3.8) is 0 Å². The van der Waals surface area contributed by atoms with Gasteiger partial charge in [-0.2, -0.15) is 11.8 Å². The van der Waals surface area contributed by atoms with Gasteiger partial charge in [0.25, 0.3) is 0 Å². The average molecular weight is 501 g/mol. The first-order chi connectivity index (χ1) is 16.9. The normalized spacial score (nSPS) is 14.1. The summed E-state index contributed by atoms with van der Waals surface area (Å²) in [5.74, 6) is 2.67. The largest absolute Gasteiger partial charge is 0.491 e. The van der Waals surface area contributed by atoms with Gasteiger partial charge in [0.2, 0.25) is 0 Å². The van der Waals surface area contributed by atoms with E-state index in [1.807, 2.05) is 0 Å². The summed E-state index contributed by atoms with van der Waals surface area (Å²) < 4.78 is 38.6. The molecule has 0 unspecified atom stereocenters. The summed E-state index contributed by atoms with van der Waals surface area (Å²) in [5.41, 5.74) is 1.44. The molecule has 0 amide bonds. The Morgan fingerprint density at radius 3 is 1.44 bits per heavy atom. The van der Waals surface area contributed by atoms with Crippen molar-refractivity contribution in [2.45, 2.75) is 31.6 Å². The van der Waals surface area contributed by atoms with Gasteiger partial charge in [-0.1, -0.05) is 25.0 Å². The minimum absolute atomic E-state index is 0.545. The molecule has 0 heterocycles. The highest BCUT2D eigenvalue weighted by molar-refractivity contribution is 7.98. The quantitative estimate of drug-likeness (QED) is 0.207. The highest BCUT2D eigenvalue weighted by Gasteiger charge is 2.16. The zero-order valence-corrected chi connectivity index (χ0v) is 21.7. The lowest BCUT2D eigenvalue weighted by Gasteiger charge is -2.11. The maximum absolute atomic E-state index is 5.75. The van der Waals surface area contributed by atoms with Crippen molar-refractivity contribution in [1.82, 2.24) is 0 Å². The third-order valence-electron chi connectivity index (χ3n) is 5.49. The van der Waals surface area contributed by atoms with Crippen molar-refractivity contribution < 1.29 is 33.2 Å². The summed E-state index contributed by atoms with van der Waals surface area (Å²) in [7, 11) is 0. The summed E-state index contributed by atoms with van der Waals surface area (Å²) in [6.07, 6.45) is 7.43. The molecule has 196 valence electrons. The zero-order chi connectivity index (χ0) is 23.9. The first kappa shape index (κ1) is 29.4. The number of hydrogen-bond donors (Lipinski definition) is 0. The molecule has 1 aliphatic carbocycles. The van der Waals surface area contributed by atoms with E-state index in [0.717, 1.165) is 24.0 Å². The molecule has 1 fully saturated rings. The molecule has 7 nitrogen and oxygen atoms in total. The Hall–Kier alpha value is -0.870. The molecule has 1 aromatic rings. The van der Waals surface area contributed by atoms with Gasteiger partial charge in [0.1, 0.15) is 12.4 Å². The van der Waals surface area contributed by atoms with Crippen molar-refractivity contribution >= 4 is 11.8 Å². The van der Waals surface area contributed by atoms with Gasteiger partial charge in [-0.15, -0.1) is 0 Å². The molecule has 0 aromatic heterocycles. The van der Waals surface area contributed by atoms with Crippen LogP contribution in [0.15, 0.2) is 24.3 Å². The van der Waals surface area contributed by atoms with Gasteiger partial charge in [0.15, 0.2) is 0 Å². The molecule has 0 bridgehead atoms. The first-order valence-corrected chi connectivity index (χ1v) is 14.0. The predicted molar refractivity (Wildman–Crippen MR) is 136 cm³/mol. The summed E-state index contributed by atoms with van der Waals surface area (Å²) in [5, 5.41) is 0. The van der Waals surface area contributed by atoms with E-state index < -0.39 is 0 Å². The lowest BCUT2D eigenvalue weighted by Crippen LogP contribution is -2.15. The van der Waals surface area contributed by atoms with E-state index >= 15 is 0 Å². The second kappa shape index (κ2) is 21.4. The van der Waals surface area contributed by atoms with Gasteiger partial charge in [0.05, 0.1) is 79.3 Å². The highest BCUT2D eigenvalue weighted by Crippen LogP contribution is 2.34. The zero-order valence-electron chi connectivity index (χ0n) is 20.9. The summed E-state index contributed by atoms with van der Waals surface area (Å²) in [6, 6.07) is 8.55. The lowest BCUT2D eigenvalue weighted by molar-refractivity contribution is -0.0172. The fourth-order valence-electron chi connectivity index (χ4n) is 3.66. The second-order valence-electron chi connectivity index (χ2n) is 8.07. The van der Waals surface area contributed by atoms with Crippen LogP contribution in [-0.2, 0) is 28.4 Å². The van der Waals surface area contributed by atoms with Crippen LogP contribution >= 0.6 is 11.8 Å². The summed E-state index contributed by atoms with van der Waals surface area (Å²) in [6.45, 7) is 7.57. The van der Waals surface area contributed by atoms with Gasteiger partial charge >= 0.3 is 0 Å². The van der Waals surface area contributed by atoms with E-state index in [9.17, 15) is 0 Å². The molecule has 0 radical (unpaired) electrons. The third kappa shape index (κ3) is 15.2. The minimum Gasteiger partial charge on any atom is -0.491 e. The van der Waals surface area contributed by atoms with Gasteiger partial charge in [0, 0.05) is 5.75 Å². The fourth-order valence-corrected chi connectivity index (χ4v) is 3.94. The van der Waals surface area contributed by atoms with Crippen LogP contribution in [0.4, 0.5) is 0 Å². The Balaban J connectivity index is 1.25. The first-order valence-electron chi connectivity index (χ1n) is 12.6. The average Bonchev–Trinajstić information content (AvgIpc) is 3.40. The number of rotatable bonds is 23. The molecule has 0 aliphatic heterocycles. The Morgan fingerprint density at radius 2 is 1.00 bits per heavy atom. The van der Waals surface area contributed by atoms with E-state index in [0.29, 0.717) is 79.3 Å². The van der Waals surface area contributed by atoms with Crippen molar-refractivity contribution in [2.75, 3.05) is 97.9 Å². The molecule has 0 saturated heterocycles. The second-order valence-corrected chi connectivity index (χ2v) is 9.05. The van der Waals surface area contributed by atoms with Gasteiger partial charge in [-0.3, -0.25) is 0 Å². The van der Waals surface area contributed by atoms with Crippen LogP contribution in [0.1, 0.15) is 37.2 Å². The van der Waals surface area contributed by atoms with E-state index in [1.165, 1.54) is 31.2 Å². The Morgan fingerprint density at radius 1 is 0.588 bits per heavy atom. The topological polar surface area (TPSA) is 64.6 Å². The Labute approximate surface area is 210 Å². The van der Waals surface area contributed by atoms with Crippen molar-refractivity contribution in [1.29, 1.82) is 0 Å². The summed E-state index contributed by atoms with van der Waals surface area (Å²) in [4.78, 5) is 0. The van der Waals surface area contributed by atoms with Gasteiger partial charge < -0.3 is 33.2 Å². The van der Waals surface area contributed by atoms with Crippen LogP contribution in [0.5, 0.6) is 5.75 Å². The maximum atomic E-state index is 5.75. The minimum atomic E-state index is 0.545. The van der Waals surface area contributed by atoms with Crippen LogP contribution in [-0.4, -0.2) is 97.9 Å². The van der Waals surface area contributed by atoms with Crippen LogP contribution in [0.25, 0.3) is 0 Å². The van der Waals surface area contributed by atoms with Crippen molar-refractivity contribution in [3.05, 3.63) is 29.8 Å². The number of hydrogen-bond acceptors (Lipinski definition) is 8. The molecule has 1 saturated carbocycles. The highest BCUT2D eigenvalue weighted by atomic mass is 32.2. The van der Waals surface area contributed by atoms with Crippen LogP contribution < -0.4 is 4.74 Å². The smallest absolute Gasteiger partial charge is 0.119 e. The standard InChI is InChI=1S/C26H44O7S/c1-34-23-22-32-19-18-30-15-14-28-11-10-27-12-13-29-16-17-31-20-21-33-26-8-6-25(7-9-26)24-4-2-3-5-24/h6-9,24H,2-5,10-23H2,1H3. The summed E-state index contributed by atoms with van der Waals surface area (Å²) >= 11 is 1.78. The molecular formula is C26H44O7S. The monoisotopic (exact) mass is 500 g/mol. The molecule has 1 aromatic carbocycles. The van der Waals surface area contributed by atoms with Crippen LogP contribution in [0.2, 0.25) is 0 Å². The maximum Gasteiger partial charge on any atom is 0.119 e. The van der Waals surface area contributed by atoms with E-state index in [2.05, 4.69) is 30.5 Å². The fraction of sp³-hybridized carbons (Fsp3) is 0.769. The molecule has 8 heteroatoms. The third-order valence-corrected chi connectivity index (χ3v) is 6.07. The van der Waals surface area contributed by atoms with E-state index in [4.69, 9.17) is 33.2 Å². The number of ether oxygens (including phenoxy) is 7. The van der Waals surface area contributed by atoms with Crippen LogP contribution in [0.3, 0.4) is 0 Å². The van der Waals surface area contributed by atoms with Gasteiger partial charge in [-0.05, 0) is 42.7 Å². The van der Waals surface area contributed by atoms with E-state index in [-0.39, 0.29) is 0 Å². The molecule has 0 atom stereocenters. The van der Waals surface area contributed by atoms with E-state index in [1.54, 1.807) is 11.8 Å². The number of benzene rings is 1. The van der Waals surface area contributed by atoms with Gasteiger partial charge in [-0.25, -0.2) is 0 Å². The number of thioether (sulfide) groups is 1. The lowest BCUT2D eigenvalue weighted by atomic mass is 9.98. The SMILES string of the molecule is CSCCOCCOCCOCCOCCOCCOCCOc1ccc(C2CCCC2)cc1. The molecule has 1 aliphatic rings. The Kier molecular flexibility index (Phi) is 18.5. The Bertz CT molecular complexity index is 567. The molecule has 34 heavy (non-hydrogen) atoms. The molecule has 0 spiro atoms. The molecule has 2 rings (SSSR count). The molecule has 0 N–H and O–H groups in total. The van der Waals surface area contributed by atoms with Crippen molar-refractivity contribution in [2.24, 2.45) is 0 Å².